The van der Waals surface area contributed by atoms with E-state index in [9.17, 15) is 9.59 Å². The minimum Gasteiger partial charge on any atom is -0.480 e. The molecule has 1 aromatic rings. The van der Waals surface area contributed by atoms with Gasteiger partial charge >= 0.3 is 5.97 Å². The second-order valence-corrected chi connectivity index (χ2v) is 5.51. The van der Waals surface area contributed by atoms with Crippen molar-refractivity contribution in [1.82, 2.24) is 10.3 Å². The van der Waals surface area contributed by atoms with Crippen LogP contribution in [0.4, 0.5) is 0 Å². The number of nitrogens with zero attached hydrogens (tertiary/aromatic N) is 1. The first-order valence-corrected chi connectivity index (χ1v) is 7.31. The van der Waals surface area contributed by atoms with Crippen LogP contribution in [0.1, 0.15) is 53.5 Å². The number of hydrogen-bond acceptors (Lipinski definition) is 4. The van der Waals surface area contributed by atoms with Crippen molar-refractivity contribution in [2.45, 2.75) is 52.5 Å². The predicted molar refractivity (Wildman–Crippen MR) is 74.6 cm³/mol. The Morgan fingerprint density at radius 2 is 2.05 bits per heavy atom. The van der Waals surface area contributed by atoms with Crippen molar-refractivity contribution in [1.29, 1.82) is 0 Å². The molecule has 0 aliphatic carbocycles. The lowest BCUT2D eigenvalue weighted by Gasteiger charge is -2.12. The number of nitrogens with one attached hydrogen (secondary N) is 1. The average molecular weight is 284 g/mol. The molecular formula is C13H20N2O3S. The molecule has 6 heteroatoms. The van der Waals surface area contributed by atoms with Gasteiger partial charge in [-0.05, 0) is 26.2 Å². The van der Waals surface area contributed by atoms with Crippen LogP contribution < -0.4 is 5.32 Å². The second kappa shape index (κ2) is 7.23. The van der Waals surface area contributed by atoms with Crippen molar-refractivity contribution in [3.63, 3.8) is 0 Å². The Morgan fingerprint density at radius 1 is 1.37 bits per heavy atom. The highest BCUT2D eigenvalue weighted by atomic mass is 32.1. The van der Waals surface area contributed by atoms with E-state index in [0.717, 1.165) is 17.8 Å². The smallest absolute Gasteiger partial charge is 0.326 e. The van der Waals surface area contributed by atoms with Gasteiger partial charge in [0.1, 0.15) is 10.9 Å². The third-order valence-corrected chi connectivity index (χ3v) is 3.91. The molecule has 1 heterocycles. The van der Waals surface area contributed by atoms with Crippen molar-refractivity contribution in [2.24, 2.45) is 0 Å². The molecule has 0 saturated carbocycles. The molecule has 0 bridgehead atoms. The van der Waals surface area contributed by atoms with E-state index in [-0.39, 0.29) is 5.91 Å². The summed E-state index contributed by atoms with van der Waals surface area (Å²) in [5.74, 6) is -1.33. The highest BCUT2D eigenvalue weighted by Gasteiger charge is 2.22. The highest BCUT2D eigenvalue weighted by molar-refractivity contribution is 7.13. The monoisotopic (exact) mass is 284 g/mol. The Hall–Kier alpha value is -1.43. The van der Waals surface area contributed by atoms with Crippen molar-refractivity contribution >= 4 is 23.2 Å². The normalized spacial score (nSPS) is 12.2. The number of carbonyl (C=O) groups is 2. The van der Waals surface area contributed by atoms with Gasteiger partial charge in [0.15, 0.2) is 0 Å². The Labute approximate surface area is 117 Å². The maximum Gasteiger partial charge on any atom is 0.326 e. The van der Waals surface area contributed by atoms with Crippen LogP contribution in [0.5, 0.6) is 0 Å². The first kappa shape index (κ1) is 15.6. The van der Waals surface area contributed by atoms with Gasteiger partial charge in [-0.2, -0.15) is 0 Å². The summed E-state index contributed by atoms with van der Waals surface area (Å²) in [6.45, 7) is 5.72. The van der Waals surface area contributed by atoms with E-state index in [4.69, 9.17) is 5.11 Å². The zero-order chi connectivity index (χ0) is 14.4. The van der Waals surface area contributed by atoms with Gasteiger partial charge in [-0.15, -0.1) is 11.3 Å². The molecule has 0 spiro atoms. The first-order chi connectivity index (χ1) is 8.99. The average Bonchev–Trinajstić information content (AvgIpc) is 2.70. The van der Waals surface area contributed by atoms with E-state index in [1.54, 1.807) is 6.92 Å². The maximum absolute atomic E-state index is 12.1. The SMILES string of the molecule is CCCc1nc(C)c(C(=O)NC(CCC)C(=O)O)s1. The number of rotatable bonds is 7. The van der Waals surface area contributed by atoms with Gasteiger partial charge < -0.3 is 10.4 Å². The number of aryl methyl sites for hydroxylation is 2. The number of aliphatic carboxylic acids is 1. The zero-order valence-electron chi connectivity index (χ0n) is 11.5. The molecule has 0 aromatic carbocycles. The largest absolute Gasteiger partial charge is 0.480 e. The summed E-state index contributed by atoms with van der Waals surface area (Å²) in [5.41, 5.74) is 0.673. The Bertz CT molecular complexity index is 457. The Balaban J connectivity index is 2.79. The van der Waals surface area contributed by atoms with E-state index in [2.05, 4.69) is 17.2 Å². The number of carbonyl (C=O) groups excluding carboxylic acids is 1. The van der Waals surface area contributed by atoms with Gasteiger partial charge in [-0.25, -0.2) is 9.78 Å². The van der Waals surface area contributed by atoms with Gasteiger partial charge in [-0.1, -0.05) is 20.3 Å². The van der Waals surface area contributed by atoms with Crippen LogP contribution in [0.3, 0.4) is 0 Å². The van der Waals surface area contributed by atoms with E-state index >= 15 is 0 Å². The van der Waals surface area contributed by atoms with Gasteiger partial charge in [0.25, 0.3) is 5.91 Å². The molecule has 1 unspecified atom stereocenters. The predicted octanol–water partition coefficient (Wildman–Crippen LogP) is 2.39. The topological polar surface area (TPSA) is 79.3 Å². The molecule has 0 fully saturated rings. The molecular weight excluding hydrogens is 264 g/mol. The molecule has 0 aliphatic heterocycles. The number of hydrogen-bond donors (Lipinski definition) is 2. The standard InChI is InChI=1S/C13H20N2O3S/c1-4-6-9(13(17)18)15-12(16)11-8(3)14-10(19-11)7-5-2/h9H,4-7H2,1-3H3,(H,15,16)(H,17,18). The van der Waals surface area contributed by atoms with Crippen molar-refractivity contribution < 1.29 is 14.7 Å². The highest BCUT2D eigenvalue weighted by Crippen LogP contribution is 2.19. The van der Waals surface area contributed by atoms with Gasteiger partial charge in [0.05, 0.1) is 10.7 Å². The van der Waals surface area contributed by atoms with E-state index < -0.39 is 12.0 Å². The summed E-state index contributed by atoms with van der Waals surface area (Å²) in [4.78, 5) is 27.9. The molecule has 19 heavy (non-hydrogen) atoms. The molecule has 5 nitrogen and oxygen atoms in total. The van der Waals surface area contributed by atoms with E-state index in [0.29, 0.717) is 23.4 Å². The third-order valence-electron chi connectivity index (χ3n) is 2.69. The summed E-state index contributed by atoms with van der Waals surface area (Å²) >= 11 is 1.35. The van der Waals surface area contributed by atoms with Crippen LogP contribution in [-0.2, 0) is 11.2 Å². The summed E-state index contributed by atoms with van der Waals surface area (Å²) < 4.78 is 0. The van der Waals surface area contributed by atoms with Crippen LogP contribution in [0.25, 0.3) is 0 Å². The van der Waals surface area contributed by atoms with Crippen LogP contribution in [0.2, 0.25) is 0 Å². The zero-order valence-corrected chi connectivity index (χ0v) is 12.3. The van der Waals surface area contributed by atoms with Gasteiger partial charge in [0.2, 0.25) is 0 Å². The molecule has 1 amide bonds. The molecule has 1 aromatic heterocycles. The number of thiazole rings is 1. The maximum atomic E-state index is 12.1. The lowest BCUT2D eigenvalue weighted by atomic mass is 10.1. The van der Waals surface area contributed by atoms with E-state index in [1.807, 2.05) is 6.92 Å². The lowest BCUT2D eigenvalue weighted by Crippen LogP contribution is -2.40. The first-order valence-electron chi connectivity index (χ1n) is 6.49. The van der Waals surface area contributed by atoms with Gasteiger partial charge in [0, 0.05) is 0 Å². The van der Waals surface area contributed by atoms with Crippen molar-refractivity contribution in [3.8, 4) is 0 Å². The number of aromatic nitrogens is 1. The summed E-state index contributed by atoms with van der Waals surface area (Å²) in [7, 11) is 0. The Morgan fingerprint density at radius 3 is 2.58 bits per heavy atom. The fourth-order valence-electron chi connectivity index (χ4n) is 1.75. The van der Waals surface area contributed by atoms with Gasteiger partial charge in [-0.3, -0.25) is 4.79 Å². The molecule has 0 saturated heterocycles. The second-order valence-electron chi connectivity index (χ2n) is 4.43. The van der Waals surface area contributed by atoms with Crippen molar-refractivity contribution in [3.05, 3.63) is 15.6 Å². The molecule has 1 atom stereocenters. The lowest BCUT2D eigenvalue weighted by molar-refractivity contribution is -0.139. The van der Waals surface area contributed by atoms with Crippen LogP contribution in [0.15, 0.2) is 0 Å². The summed E-state index contributed by atoms with van der Waals surface area (Å²) in [6.07, 6.45) is 2.96. The fraction of sp³-hybridized carbons (Fsp3) is 0.615. The summed E-state index contributed by atoms with van der Waals surface area (Å²) in [6, 6.07) is -0.825. The minimum atomic E-state index is -0.994. The molecule has 1 rings (SSSR count). The van der Waals surface area contributed by atoms with E-state index in [1.165, 1.54) is 11.3 Å². The molecule has 2 N–H and O–H groups in total. The van der Waals surface area contributed by atoms with Crippen LogP contribution >= 0.6 is 11.3 Å². The third kappa shape index (κ3) is 4.31. The fourth-order valence-corrected chi connectivity index (χ4v) is 2.82. The van der Waals surface area contributed by atoms with Crippen molar-refractivity contribution in [2.75, 3.05) is 0 Å². The quantitative estimate of drug-likeness (QED) is 0.805. The molecule has 0 aliphatic rings. The number of carboxylic acid groups (broad SMARTS) is 1. The Kier molecular flexibility index (Phi) is 5.95. The number of carboxylic acids is 1. The number of amides is 1. The molecule has 106 valence electrons. The molecule has 0 radical (unpaired) electrons. The summed E-state index contributed by atoms with van der Waals surface area (Å²) in [5, 5.41) is 12.5. The minimum absolute atomic E-state index is 0.335. The van der Waals surface area contributed by atoms with Crippen LogP contribution in [-0.4, -0.2) is 28.0 Å². The van der Waals surface area contributed by atoms with Crippen LogP contribution in [0, 0.1) is 6.92 Å².